The highest BCUT2D eigenvalue weighted by molar-refractivity contribution is 8.01. The number of allylic oxidation sites excluding steroid dienone is 1. The van der Waals surface area contributed by atoms with Crippen molar-refractivity contribution >= 4 is 36.3 Å². The Morgan fingerprint density at radius 3 is 2.70 bits per heavy atom. The van der Waals surface area contributed by atoms with Crippen molar-refractivity contribution in [2.75, 3.05) is 6.26 Å². The van der Waals surface area contributed by atoms with Gasteiger partial charge in [-0.05, 0) is 24.7 Å². The van der Waals surface area contributed by atoms with Crippen LogP contribution >= 0.6 is 23.9 Å². The van der Waals surface area contributed by atoms with E-state index in [-0.39, 0.29) is 0 Å². The van der Waals surface area contributed by atoms with E-state index in [1.165, 1.54) is 12.1 Å². The Labute approximate surface area is 70.2 Å². The summed E-state index contributed by atoms with van der Waals surface area (Å²) in [6.45, 7) is 1.86. The Bertz CT molecular complexity index is 141. The van der Waals surface area contributed by atoms with E-state index >= 15 is 0 Å². The molecule has 0 spiro atoms. The van der Waals surface area contributed by atoms with Crippen LogP contribution in [0, 0.1) is 0 Å². The summed E-state index contributed by atoms with van der Waals surface area (Å²) in [5, 5.41) is 1.96. The fourth-order valence-corrected chi connectivity index (χ4v) is 0.751. The molecule has 4 heteroatoms. The Kier molecular flexibility index (Phi) is 8.59. The van der Waals surface area contributed by atoms with Crippen molar-refractivity contribution in [1.29, 1.82) is 0 Å². The molecule has 0 aromatic carbocycles. The summed E-state index contributed by atoms with van der Waals surface area (Å²) in [4.78, 5) is 0. The number of hydrogen-bond acceptors (Lipinski definition) is 4. The number of hydrogen-bond donors (Lipinski definition) is 0. The van der Waals surface area contributed by atoms with Gasteiger partial charge in [0.15, 0.2) is 0 Å². The number of thioether (sulfide) groups is 1. The third-order valence-electron chi connectivity index (χ3n) is 0.561. The lowest BCUT2D eigenvalue weighted by Crippen LogP contribution is -1.58. The number of rotatable bonds is 4. The van der Waals surface area contributed by atoms with Crippen LogP contribution in [0.4, 0.5) is 0 Å². The molecule has 56 valence electrons. The largest absolute Gasteiger partial charge is 0.206 e. The van der Waals surface area contributed by atoms with Crippen LogP contribution in [0.1, 0.15) is 6.92 Å². The molecule has 0 aromatic rings. The zero-order valence-electron chi connectivity index (χ0n) is 6.02. The van der Waals surface area contributed by atoms with Crippen molar-refractivity contribution in [3.8, 4) is 0 Å². The summed E-state index contributed by atoms with van der Waals surface area (Å²) in [6, 6.07) is 0. The molecule has 0 atom stereocenters. The smallest absolute Gasteiger partial charge is 0.114 e. The zero-order valence-corrected chi connectivity index (χ0v) is 7.65. The normalized spacial score (nSPS) is 12.6. The van der Waals surface area contributed by atoms with Crippen molar-refractivity contribution in [3.63, 3.8) is 0 Å². The topological polar surface area (TPSA) is 24.7 Å². The van der Waals surface area contributed by atoms with Crippen LogP contribution in [-0.2, 0) is 0 Å². The molecule has 0 fully saturated rings. The summed E-state index contributed by atoms with van der Waals surface area (Å²) in [5.41, 5.74) is 0. The van der Waals surface area contributed by atoms with Gasteiger partial charge in [0.25, 0.3) is 0 Å². The summed E-state index contributed by atoms with van der Waals surface area (Å²) < 4.78 is 7.71. The van der Waals surface area contributed by atoms with E-state index in [0.717, 1.165) is 0 Å². The van der Waals surface area contributed by atoms with Crippen LogP contribution in [-0.4, -0.2) is 18.7 Å². The molecular formula is C6H10N2S2. The van der Waals surface area contributed by atoms with Crippen LogP contribution in [0.5, 0.6) is 0 Å². The van der Waals surface area contributed by atoms with E-state index in [0.29, 0.717) is 0 Å². The first-order valence-corrected chi connectivity index (χ1v) is 4.79. The molecule has 0 aliphatic rings. The van der Waals surface area contributed by atoms with Gasteiger partial charge in [-0.2, -0.15) is 0 Å². The molecule has 0 saturated heterocycles. The predicted octanol–water partition coefficient (Wildman–Crippen LogP) is 2.59. The molecule has 0 heterocycles. The molecule has 0 bridgehead atoms. The van der Waals surface area contributed by atoms with Gasteiger partial charge in [-0.15, -0.1) is 11.8 Å². The fourth-order valence-electron chi connectivity index (χ4n) is 0.250. The van der Waals surface area contributed by atoms with Gasteiger partial charge in [0, 0.05) is 12.4 Å². The first kappa shape index (κ1) is 9.78. The van der Waals surface area contributed by atoms with E-state index in [1.54, 1.807) is 24.2 Å². The summed E-state index contributed by atoms with van der Waals surface area (Å²) >= 11 is 2.83. The van der Waals surface area contributed by atoms with E-state index in [4.69, 9.17) is 0 Å². The molecule has 0 amide bonds. The minimum atomic E-state index is 1.18. The van der Waals surface area contributed by atoms with Crippen LogP contribution in [0.25, 0.3) is 0 Å². The van der Waals surface area contributed by atoms with E-state index < -0.39 is 0 Å². The maximum absolute atomic E-state index is 3.89. The second kappa shape index (κ2) is 8.78. The third kappa shape index (κ3) is 7.78. The first-order chi connectivity index (χ1) is 4.91. The second-order valence-corrected chi connectivity index (χ2v) is 2.59. The molecular weight excluding hydrogens is 164 g/mol. The van der Waals surface area contributed by atoms with E-state index in [2.05, 4.69) is 8.80 Å². The minimum Gasteiger partial charge on any atom is -0.206 e. The molecule has 0 aliphatic carbocycles. The molecule has 0 rings (SSSR count). The molecule has 0 aromatic heterocycles. The van der Waals surface area contributed by atoms with E-state index in [1.807, 2.05) is 24.7 Å². The average Bonchev–Trinajstić information content (AvgIpc) is 1.97. The molecule has 10 heavy (non-hydrogen) atoms. The molecule has 0 saturated carbocycles. The summed E-state index contributed by atoms with van der Waals surface area (Å²) in [6.07, 6.45) is 7.30. The lowest BCUT2D eigenvalue weighted by Gasteiger charge is -1.76. The minimum absolute atomic E-state index is 1.18. The molecule has 0 N–H and O–H groups in total. The average molecular weight is 174 g/mol. The van der Waals surface area contributed by atoms with Crippen LogP contribution in [0.3, 0.4) is 0 Å². The van der Waals surface area contributed by atoms with Crippen molar-refractivity contribution in [3.05, 3.63) is 11.5 Å². The van der Waals surface area contributed by atoms with Gasteiger partial charge in [-0.25, -0.2) is 8.80 Å². The van der Waals surface area contributed by atoms with Gasteiger partial charge < -0.3 is 0 Å². The van der Waals surface area contributed by atoms with Crippen LogP contribution in [0.2, 0.25) is 0 Å². The fraction of sp³-hybridized carbons (Fsp3) is 0.333. The SMILES string of the molecule is CC=NSN=CC=CSC. The highest BCUT2D eigenvalue weighted by atomic mass is 32.2. The summed E-state index contributed by atoms with van der Waals surface area (Å²) in [5.74, 6) is 0. The third-order valence-corrected chi connectivity index (χ3v) is 1.51. The Balaban J connectivity index is 3.28. The maximum Gasteiger partial charge on any atom is 0.114 e. The maximum atomic E-state index is 3.89. The molecule has 0 aliphatic heterocycles. The summed E-state index contributed by atoms with van der Waals surface area (Å²) in [7, 11) is 0. The Morgan fingerprint density at radius 1 is 1.30 bits per heavy atom. The monoisotopic (exact) mass is 174 g/mol. The van der Waals surface area contributed by atoms with Crippen molar-refractivity contribution in [2.24, 2.45) is 8.80 Å². The van der Waals surface area contributed by atoms with Gasteiger partial charge in [0.2, 0.25) is 0 Å². The van der Waals surface area contributed by atoms with Gasteiger partial charge in [0.05, 0.1) is 0 Å². The highest BCUT2D eigenvalue weighted by Crippen LogP contribution is 2.00. The highest BCUT2D eigenvalue weighted by Gasteiger charge is 1.67. The second-order valence-electron chi connectivity index (χ2n) is 1.26. The van der Waals surface area contributed by atoms with Crippen molar-refractivity contribution in [1.82, 2.24) is 0 Å². The molecule has 0 radical (unpaired) electrons. The van der Waals surface area contributed by atoms with Gasteiger partial charge in [-0.1, -0.05) is 0 Å². The van der Waals surface area contributed by atoms with Gasteiger partial charge in [0.1, 0.15) is 12.1 Å². The predicted molar refractivity (Wildman–Crippen MR) is 52.9 cm³/mol. The van der Waals surface area contributed by atoms with Crippen molar-refractivity contribution < 1.29 is 0 Å². The lowest BCUT2D eigenvalue weighted by molar-refractivity contribution is 1.83. The Morgan fingerprint density at radius 2 is 2.10 bits per heavy atom. The standard InChI is InChI=1S/C6H10N2S2/c1-3-7-10-8-5-4-6-9-2/h3-6H,1-2H3. The van der Waals surface area contributed by atoms with E-state index in [9.17, 15) is 0 Å². The first-order valence-electron chi connectivity index (χ1n) is 2.77. The van der Waals surface area contributed by atoms with Gasteiger partial charge >= 0.3 is 0 Å². The van der Waals surface area contributed by atoms with Crippen LogP contribution in [0.15, 0.2) is 20.3 Å². The van der Waals surface area contributed by atoms with Crippen LogP contribution < -0.4 is 0 Å². The van der Waals surface area contributed by atoms with Gasteiger partial charge in [-0.3, -0.25) is 0 Å². The zero-order chi connectivity index (χ0) is 7.66. The molecule has 2 nitrogen and oxygen atoms in total. The molecule has 0 unspecified atom stereocenters. The Hall–Kier alpha value is -0.220. The number of nitrogens with zero attached hydrogens (tertiary/aromatic N) is 2. The quantitative estimate of drug-likeness (QED) is 0.483. The lowest BCUT2D eigenvalue weighted by atomic mass is 10.7. The van der Waals surface area contributed by atoms with Crippen molar-refractivity contribution in [2.45, 2.75) is 6.92 Å².